The van der Waals surface area contributed by atoms with E-state index in [9.17, 15) is 4.79 Å². The van der Waals surface area contributed by atoms with E-state index < -0.39 is 0 Å². The number of rotatable bonds is 3. The summed E-state index contributed by atoms with van der Waals surface area (Å²) in [6.45, 7) is 4.92. The molecule has 7 heteroatoms. The molecule has 0 atom stereocenters. The zero-order valence-electron chi connectivity index (χ0n) is 16.3. The second kappa shape index (κ2) is 6.58. The van der Waals surface area contributed by atoms with Gasteiger partial charge in [-0.05, 0) is 38.0 Å². The Morgan fingerprint density at radius 1 is 1.14 bits per heavy atom. The van der Waals surface area contributed by atoms with Crippen molar-refractivity contribution in [1.29, 1.82) is 0 Å². The van der Waals surface area contributed by atoms with Gasteiger partial charge >= 0.3 is 0 Å². The van der Waals surface area contributed by atoms with Crippen LogP contribution in [-0.4, -0.2) is 56.7 Å². The fourth-order valence-corrected chi connectivity index (χ4v) is 4.07. The van der Waals surface area contributed by atoms with Crippen LogP contribution in [0.5, 0.6) is 0 Å². The van der Waals surface area contributed by atoms with E-state index in [2.05, 4.69) is 15.0 Å². The molecule has 4 heterocycles. The summed E-state index contributed by atoms with van der Waals surface area (Å²) < 4.78 is 1.80. The standard InChI is InChI=1S/C21H24N6O/c1-14-19-16(13-17(15-6-7-15)23-20(19)25(2)24-14)21(28)27-11-9-26(10-12-27)18-5-3-4-8-22-18/h3-5,8,13,15H,6-7,9-12H2,1-2H3. The molecule has 1 saturated carbocycles. The molecule has 0 spiro atoms. The third-order valence-electron chi connectivity index (χ3n) is 5.75. The van der Waals surface area contributed by atoms with Crippen molar-refractivity contribution in [3.8, 4) is 0 Å². The molecule has 0 unspecified atom stereocenters. The first-order chi connectivity index (χ1) is 13.6. The van der Waals surface area contributed by atoms with Crippen molar-refractivity contribution in [2.24, 2.45) is 7.05 Å². The number of carbonyl (C=O) groups excluding carboxylic acids is 1. The van der Waals surface area contributed by atoms with Gasteiger partial charge in [0.05, 0.1) is 16.6 Å². The molecule has 144 valence electrons. The highest BCUT2D eigenvalue weighted by molar-refractivity contribution is 6.06. The third kappa shape index (κ3) is 2.91. The summed E-state index contributed by atoms with van der Waals surface area (Å²) in [5, 5.41) is 5.41. The van der Waals surface area contributed by atoms with Crippen LogP contribution >= 0.6 is 0 Å². The first-order valence-electron chi connectivity index (χ1n) is 9.91. The van der Waals surface area contributed by atoms with E-state index in [0.717, 1.165) is 59.7 Å². The number of aromatic nitrogens is 4. The summed E-state index contributed by atoms with van der Waals surface area (Å²) in [7, 11) is 1.90. The number of anilines is 1. The highest BCUT2D eigenvalue weighted by Gasteiger charge is 2.30. The van der Waals surface area contributed by atoms with Crippen molar-refractivity contribution in [2.75, 3.05) is 31.1 Å². The summed E-state index contributed by atoms with van der Waals surface area (Å²) >= 11 is 0. The van der Waals surface area contributed by atoms with Crippen molar-refractivity contribution in [2.45, 2.75) is 25.7 Å². The molecule has 0 bridgehead atoms. The molecule has 7 nitrogen and oxygen atoms in total. The molecule has 28 heavy (non-hydrogen) atoms. The average Bonchev–Trinajstić information content (AvgIpc) is 3.54. The maximum atomic E-state index is 13.4. The minimum Gasteiger partial charge on any atom is -0.353 e. The van der Waals surface area contributed by atoms with Crippen molar-refractivity contribution < 1.29 is 4.79 Å². The van der Waals surface area contributed by atoms with Gasteiger partial charge in [0.25, 0.3) is 5.91 Å². The van der Waals surface area contributed by atoms with Gasteiger partial charge in [0, 0.05) is 51.0 Å². The number of hydrogen-bond donors (Lipinski definition) is 0. The molecular weight excluding hydrogens is 352 g/mol. The van der Waals surface area contributed by atoms with Crippen molar-refractivity contribution in [1.82, 2.24) is 24.6 Å². The van der Waals surface area contributed by atoms with Crippen molar-refractivity contribution in [3.63, 3.8) is 0 Å². The van der Waals surface area contributed by atoms with Gasteiger partial charge in [-0.2, -0.15) is 5.10 Å². The lowest BCUT2D eigenvalue weighted by atomic mass is 10.1. The molecule has 1 amide bonds. The number of pyridine rings is 2. The summed E-state index contributed by atoms with van der Waals surface area (Å²) in [5.74, 6) is 1.55. The van der Waals surface area contributed by atoms with Crippen LogP contribution in [0.3, 0.4) is 0 Å². The third-order valence-corrected chi connectivity index (χ3v) is 5.75. The molecule has 5 rings (SSSR count). The first kappa shape index (κ1) is 17.2. The molecule has 0 aromatic carbocycles. The van der Waals surface area contributed by atoms with Crippen molar-refractivity contribution >= 4 is 22.8 Å². The van der Waals surface area contributed by atoms with E-state index in [4.69, 9.17) is 4.98 Å². The van der Waals surface area contributed by atoms with Crippen LogP contribution in [0.2, 0.25) is 0 Å². The second-order valence-corrected chi connectivity index (χ2v) is 7.74. The number of hydrogen-bond acceptors (Lipinski definition) is 5. The SMILES string of the molecule is Cc1nn(C)c2nc(C3CC3)cc(C(=O)N3CCN(c4ccccn4)CC3)c12. The van der Waals surface area contributed by atoms with E-state index in [-0.39, 0.29) is 5.91 Å². The maximum absolute atomic E-state index is 13.4. The van der Waals surface area contributed by atoms with Gasteiger partial charge in [-0.15, -0.1) is 0 Å². The second-order valence-electron chi connectivity index (χ2n) is 7.74. The monoisotopic (exact) mass is 376 g/mol. The van der Waals surface area contributed by atoms with Crippen LogP contribution in [0.4, 0.5) is 5.82 Å². The van der Waals surface area contributed by atoms with Gasteiger partial charge in [-0.1, -0.05) is 6.07 Å². The van der Waals surface area contributed by atoms with E-state index in [1.54, 1.807) is 4.68 Å². The molecule has 1 aliphatic carbocycles. The molecule has 3 aromatic heterocycles. The Hall–Kier alpha value is -2.96. The van der Waals surface area contributed by atoms with Crippen LogP contribution in [0.15, 0.2) is 30.5 Å². The smallest absolute Gasteiger partial charge is 0.254 e. The molecule has 1 aliphatic heterocycles. The highest BCUT2D eigenvalue weighted by atomic mass is 16.2. The fourth-order valence-electron chi connectivity index (χ4n) is 4.07. The summed E-state index contributed by atoms with van der Waals surface area (Å²) in [5.41, 5.74) is 3.47. The minimum absolute atomic E-state index is 0.0890. The number of nitrogens with zero attached hydrogens (tertiary/aromatic N) is 6. The number of carbonyl (C=O) groups is 1. The molecule has 0 radical (unpaired) electrons. The number of piperazine rings is 1. The zero-order valence-corrected chi connectivity index (χ0v) is 16.3. The van der Waals surface area contributed by atoms with Gasteiger partial charge < -0.3 is 9.80 Å². The number of amides is 1. The number of aryl methyl sites for hydroxylation is 2. The average molecular weight is 376 g/mol. The minimum atomic E-state index is 0.0890. The maximum Gasteiger partial charge on any atom is 0.254 e. The van der Waals surface area contributed by atoms with Gasteiger partial charge in [-0.3, -0.25) is 9.48 Å². The molecule has 3 aromatic rings. The summed E-state index contributed by atoms with van der Waals surface area (Å²) in [6, 6.07) is 7.96. The lowest BCUT2D eigenvalue weighted by molar-refractivity contribution is 0.0748. The summed E-state index contributed by atoms with van der Waals surface area (Å²) in [6.07, 6.45) is 4.13. The van der Waals surface area contributed by atoms with E-state index in [0.29, 0.717) is 19.0 Å². The molecule has 2 aliphatic rings. The Bertz CT molecular complexity index is 1030. The van der Waals surface area contributed by atoms with E-state index in [1.165, 1.54) is 0 Å². The lowest BCUT2D eigenvalue weighted by Crippen LogP contribution is -2.49. The fraction of sp³-hybridized carbons (Fsp3) is 0.429. The normalized spacial score (nSPS) is 17.4. The van der Waals surface area contributed by atoms with Crippen LogP contribution in [0.25, 0.3) is 11.0 Å². The Labute approximate surface area is 164 Å². The zero-order chi connectivity index (χ0) is 19.3. The van der Waals surface area contributed by atoms with Crippen LogP contribution in [0, 0.1) is 6.92 Å². The molecule has 1 saturated heterocycles. The van der Waals surface area contributed by atoms with Crippen LogP contribution in [-0.2, 0) is 7.05 Å². The van der Waals surface area contributed by atoms with Crippen molar-refractivity contribution in [3.05, 3.63) is 47.4 Å². The molecule has 0 N–H and O–H groups in total. The first-order valence-corrected chi connectivity index (χ1v) is 9.91. The van der Waals surface area contributed by atoms with Gasteiger partial charge in [0.1, 0.15) is 5.82 Å². The Morgan fingerprint density at radius 3 is 2.61 bits per heavy atom. The molecule has 2 fully saturated rings. The van der Waals surface area contributed by atoms with Gasteiger partial charge in [0.15, 0.2) is 5.65 Å². The number of fused-ring (bicyclic) bond motifs is 1. The predicted molar refractivity (Wildman–Crippen MR) is 108 cm³/mol. The Morgan fingerprint density at radius 2 is 1.93 bits per heavy atom. The quantitative estimate of drug-likeness (QED) is 0.703. The van der Waals surface area contributed by atoms with Crippen LogP contribution < -0.4 is 4.90 Å². The van der Waals surface area contributed by atoms with Gasteiger partial charge in [0.2, 0.25) is 0 Å². The Balaban J connectivity index is 1.43. The van der Waals surface area contributed by atoms with Gasteiger partial charge in [-0.25, -0.2) is 9.97 Å². The van der Waals surface area contributed by atoms with E-state index in [1.807, 2.05) is 49.3 Å². The topological polar surface area (TPSA) is 67.2 Å². The van der Waals surface area contributed by atoms with E-state index >= 15 is 0 Å². The predicted octanol–water partition coefficient (Wildman–Crippen LogP) is 2.51. The Kier molecular flexibility index (Phi) is 4.03. The summed E-state index contributed by atoms with van der Waals surface area (Å²) in [4.78, 5) is 26.9. The molecular formula is C21H24N6O. The van der Waals surface area contributed by atoms with Crippen LogP contribution in [0.1, 0.15) is 40.5 Å². The lowest BCUT2D eigenvalue weighted by Gasteiger charge is -2.35. The largest absolute Gasteiger partial charge is 0.353 e. The highest BCUT2D eigenvalue weighted by Crippen LogP contribution is 2.40.